The number of hydrogen-bond donors (Lipinski definition) is 0. The van der Waals surface area contributed by atoms with Crippen LogP contribution in [0.4, 0.5) is 4.39 Å². The summed E-state index contributed by atoms with van der Waals surface area (Å²) in [5.41, 5.74) is 1.77. The molecule has 3 nitrogen and oxygen atoms in total. The standard InChI is InChI=1S/C20H18FNO2/c21-18-8-4-7-17(13-18)15-22-11-9-19(14-20(22)23)24-12-10-16-5-2-1-3-6-16/h1-9,11,13-14H,10,12,15H2. The van der Waals surface area contributed by atoms with Crippen molar-refractivity contribution in [2.75, 3.05) is 6.61 Å². The Morgan fingerprint density at radius 3 is 2.46 bits per heavy atom. The minimum atomic E-state index is -0.304. The molecule has 0 bridgehead atoms. The van der Waals surface area contributed by atoms with Crippen molar-refractivity contribution in [3.8, 4) is 5.75 Å². The molecule has 4 heteroatoms. The van der Waals surface area contributed by atoms with E-state index in [1.54, 1.807) is 24.4 Å². The van der Waals surface area contributed by atoms with Crippen molar-refractivity contribution in [3.05, 3.63) is 100 Å². The third kappa shape index (κ3) is 4.32. The fraction of sp³-hybridized carbons (Fsp3) is 0.150. The van der Waals surface area contributed by atoms with Crippen LogP contribution >= 0.6 is 0 Å². The normalized spacial score (nSPS) is 10.5. The topological polar surface area (TPSA) is 31.2 Å². The zero-order valence-electron chi connectivity index (χ0n) is 13.2. The number of halogens is 1. The summed E-state index contributed by atoms with van der Waals surface area (Å²) in [6.07, 6.45) is 2.46. The van der Waals surface area contributed by atoms with Gasteiger partial charge in [-0.2, -0.15) is 0 Å². The van der Waals surface area contributed by atoms with Gasteiger partial charge in [0.25, 0.3) is 5.56 Å². The van der Waals surface area contributed by atoms with E-state index in [0.717, 1.165) is 12.0 Å². The van der Waals surface area contributed by atoms with E-state index < -0.39 is 0 Å². The number of pyridine rings is 1. The third-order valence-corrected chi connectivity index (χ3v) is 3.71. The van der Waals surface area contributed by atoms with Gasteiger partial charge in [-0.1, -0.05) is 42.5 Å². The van der Waals surface area contributed by atoms with E-state index in [1.165, 1.54) is 28.3 Å². The van der Waals surface area contributed by atoms with Gasteiger partial charge in [0.05, 0.1) is 13.2 Å². The highest BCUT2D eigenvalue weighted by Crippen LogP contribution is 2.09. The molecule has 1 heterocycles. The van der Waals surface area contributed by atoms with Crippen LogP contribution < -0.4 is 10.3 Å². The maximum Gasteiger partial charge on any atom is 0.254 e. The first-order chi connectivity index (χ1) is 11.7. The Hall–Kier alpha value is -2.88. The molecule has 0 aliphatic heterocycles. The maximum atomic E-state index is 13.2. The van der Waals surface area contributed by atoms with Crippen LogP contribution in [-0.4, -0.2) is 11.2 Å². The Morgan fingerprint density at radius 2 is 1.71 bits per heavy atom. The molecule has 0 aliphatic carbocycles. The van der Waals surface area contributed by atoms with E-state index in [9.17, 15) is 9.18 Å². The summed E-state index contributed by atoms with van der Waals surface area (Å²) in [5, 5.41) is 0. The van der Waals surface area contributed by atoms with Crippen LogP contribution in [-0.2, 0) is 13.0 Å². The van der Waals surface area contributed by atoms with E-state index in [-0.39, 0.29) is 11.4 Å². The molecule has 24 heavy (non-hydrogen) atoms. The Kier molecular flexibility index (Phi) is 5.06. The predicted molar refractivity (Wildman–Crippen MR) is 91.8 cm³/mol. The van der Waals surface area contributed by atoms with Crippen LogP contribution in [0.1, 0.15) is 11.1 Å². The van der Waals surface area contributed by atoms with Crippen LogP contribution in [0.2, 0.25) is 0 Å². The van der Waals surface area contributed by atoms with Gasteiger partial charge < -0.3 is 9.30 Å². The van der Waals surface area contributed by atoms with E-state index in [0.29, 0.717) is 18.9 Å². The Bertz CT molecular complexity index is 859. The van der Waals surface area contributed by atoms with Crippen LogP contribution in [0.3, 0.4) is 0 Å². The molecule has 3 rings (SSSR count). The fourth-order valence-electron chi connectivity index (χ4n) is 2.47. The molecule has 0 radical (unpaired) electrons. The first-order valence-corrected chi connectivity index (χ1v) is 7.82. The number of rotatable bonds is 6. The summed E-state index contributed by atoms with van der Waals surface area (Å²) in [4.78, 5) is 12.2. The van der Waals surface area contributed by atoms with Gasteiger partial charge in [-0.05, 0) is 29.3 Å². The zero-order valence-corrected chi connectivity index (χ0v) is 13.2. The van der Waals surface area contributed by atoms with Crippen LogP contribution in [0.5, 0.6) is 5.75 Å². The van der Waals surface area contributed by atoms with Crippen molar-refractivity contribution in [2.45, 2.75) is 13.0 Å². The molecule has 0 unspecified atom stereocenters. The SMILES string of the molecule is O=c1cc(OCCc2ccccc2)ccn1Cc1cccc(F)c1. The highest BCUT2D eigenvalue weighted by molar-refractivity contribution is 5.21. The number of ether oxygens (including phenoxy) is 1. The number of benzene rings is 2. The number of aromatic nitrogens is 1. The van der Waals surface area contributed by atoms with E-state index in [1.807, 2.05) is 30.3 Å². The second-order valence-electron chi connectivity index (χ2n) is 5.54. The van der Waals surface area contributed by atoms with Crippen molar-refractivity contribution >= 4 is 0 Å². The summed E-state index contributed by atoms with van der Waals surface area (Å²) in [5.74, 6) is 0.243. The lowest BCUT2D eigenvalue weighted by Crippen LogP contribution is -2.19. The summed E-state index contributed by atoms with van der Waals surface area (Å²) >= 11 is 0. The second-order valence-corrected chi connectivity index (χ2v) is 5.54. The molecule has 122 valence electrons. The van der Waals surface area contributed by atoms with Gasteiger partial charge in [0.2, 0.25) is 0 Å². The molecule has 0 saturated heterocycles. The van der Waals surface area contributed by atoms with E-state index >= 15 is 0 Å². The van der Waals surface area contributed by atoms with Crippen LogP contribution in [0, 0.1) is 5.82 Å². The molecule has 3 aromatic rings. The first kappa shape index (κ1) is 16.0. The molecule has 0 N–H and O–H groups in total. The van der Waals surface area contributed by atoms with Crippen LogP contribution in [0.25, 0.3) is 0 Å². The van der Waals surface area contributed by atoms with Gasteiger partial charge in [0, 0.05) is 18.7 Å². The minimum Gasteiger partial charge on any atom is -0.493 e. The van der Waals surface area contributed by atoms with Crippen molar-refractivity contribution in [3.63, 3.8) is 0 Å². The van der Waals surface area contributed by atoms with Gasteiger partial charge in [-0.25, -0.2) is 4.39 Å². The molecule has 0 spiro atoms. The van der Waals surface area contributed by atoms with Gasteiger partial charge in [0.1, 0.15) is 11.6 Å². The Morgan fingerprint density at radius 1 is 0.917 bits per heavy atom. The summed E-state index contributed by atoms with van der Waals surface area (Å²) in [6.45, 7) is 0.845. The summed E-state index contributed by atoms with van der Waals surface area (Å²) in [6, 6.07) is 19.5. The molecule has 0 fully saturated rings. The molecular formula is C20H18FNO2. The molecule has 0 amide bonds. The lowest BCUT2D eigenvalue weighted by molar-refractivity contribution is 0.320. The average Bonchev–Trinajstić information content (AvgIpc) is 2.58. The van der Waals surface area contributed by atoms with Crippen molar-refractivity contribution < 1.29 is 9.13 Å². The van der Waals surface area contributed by atoms with Crippen molar-refractivity contribution in [1.82, 2.24) is 4.57 Å². The average molecular weight is 323 g/mol. The minimum absolute atomic E-state index is 0.170. The zero-order chi connectivity index (χ0) is 16.8. The lowest BCUT2D eigenvalue weighted by atomic mass is 10.2. The predicted octanol–water partition coefficient (Wildman–Crippen LogP) is 3.66. The van der Waals surface area contributed by atoms with E-state index in [4.69, 9.17) is 4.74 Å². The number of hydrogen-bond acceptors (Lipinski definition) is 2. The highest BCUT2D eigenvalue weighted by Gasteiger charge is 2.02. The van der Waals surface area contributed by atoms with Crippen molar-refractivity contribution in [1.29, 1.82) is 0 Å². The van der Waals surface area contributed by atoms with Gasteiger partial charge in [-0.15, -0.1) is 0 Å². The lowest BCUT2D eigenvalue weighted by Gasteiger charge is -2.09. The fourth-order valence-corrected chi connectivity index (χ4v) is 2.47. The molecule has 0 atom stereocenters. The number of nitrogens with zero attached hydrogens (tertiary/aromatic N) is 1. The van der Waals surface area contributed by atoms with Gasteiger partial charge in [-0.3, -0.25) is 4.79 Å². The smallest absolute Gasteiger partial charge is 0.254 e. The van der Waals surface area contributed by atoms with Gasteiger partial charge in [0.15, 0.2) is 0 Å². The molecular weight excluding hydrogens is 305 g/mol. The van der Waals surface area contributed by atoms with E-state index in [2.05, 4.69) is 0 Å². The maximum absolute atomic E-state index is 13.2. The quantitative estimate of drug-likeness (QED) is 0.693. The monoisotopic (exact) mass is 323 g/mol. The molecule has 0 saturated carbocycles. The van der Waals surface area contributed by atoms with Crippen molar-refractivity contribution in [2.24, 2.45) is 0 Å². The Labute approximate surface area is 140 Å². The molecule has 0 aliphatic rings. The summed E-state index contributed by atoms with van der Waals surface area (Å²) in [7, 11) is 0. The second kappa shape index (κ2) is 7.59. The third-order valence-electron chi connectivity index (χ3n) is 3.71. The first-order valence-electron chi connectivity index (χ1n) is 7.82. The molecule has 2 aromatic carbocycles. The highest BCUT2D eigenvalue weighted by atomic mass is 19.1. The van der Waals surface area contributed by atoms with Crippen LogP contribution in [0.15, 0.2) is 77.7 Å². The van der Waals surface area contributed by atoms with Gasteiger partial charge >= 0.3 is 0 Å². The largest absolute Gasteiger partial charge is 0.493 e. The molecule has 1 aromatic heterocycles. The summed E-state index contributed by atoms with van der Waals surface area (Å²) < 4.78 is 20.4. The Balaban J connectivity index is 1.61.